The molecule has 1 nitrogen and oxygen atoms in total. The van der Waals surface area contributed by atoms with Crippen molar-refractivity contribution in [1.29, 1.82) is 0 Å². The fourth-order valence-corrected chi connectivity index (χ4v) is 5.38. The Morgan fingerprint density at radius 3 is 2.15 bits per heavy atom. The van der Waals surface area contributed by atoms with E-state index in [2.05, 4.69) is 38.1 Å². The van der Waals surface area contributed by atoms with Gasteiger partial charge in [-0.15, -0.1) is 0 Å². The number of benzene rings is 1. The first-order valence-corrected chi connectivity index (χ1v) is 8.56. The highest BCUT2D eigenvalue weighted by Crippen LogP contribution is 2.71. The molecule has 1 aromatic carbocycles. The van der Waals surface area contributed by atoms with E-state index in [0.717, 1.165) is 29.6 Å². The molecule has 108 valence electrons. The van der Waals surface area contributed by atoms with Crippen molar-refractivity contribution in [3.05, 3.63) is 35.4 Å². The van der Waals surface area contributed by atoms with Crippen LogP contribution in [-0.4, -0.2) is 0 Å². The maximum atomic E-state index is 6.60. The highest BCUT2D eigenvalue weighted by molar-refractivity contribution is 5.30. The van der Waals surface area contributed by atoms with Crippen LogP contribution in [0.15, 0.2) is 24.3 Å². The highest BCUT2D eigenvalue weighted by atomic mass is 14.8. The van der Waals surface area contributed by atoms with Crippen LogP contribution < -0.4 is 5.73 Å². The van der Waals surface area contributed by atoms with Crippen LogP contribution in [0.4, 0.5) is 0 Å². The minimum absolute atomic E-state index is 0.291. The summed E-state index contributed by atoms with van der Waals surface area (Å²) in [5, 5.41) is 0. The Morgan fingerprint density at radius 1 is 1.05 bits per heavy atom. The summed E-state index contributed by atoms with van der Waals surface area (Å²) in [5.41, 5.74) is 9.43. The predicted octanol–water partition coefficient (Wildman–Crippen LogP) is 4.49. The zero-order valence-electron chi connectivity index (χ0n) is 12.8. The summed E-state index contributed by atoms with van der Waals surface area (Å²) in [6.45, 7) is 4.56. The second-order valence-corrected chi connectivity index (χ2v) is 7.57. The largest absolute Gasteiger partial charge is 0.324 e. The summed E-state index contributed by atoms with van der Waals surface area (Å²) in [4.78, 5) is 0. The SMILES string of the molecule is CCC(C)c1ccc(C(N)C2C3C4CCC(C4)C32)cc1. The van der Waals surface area contributed by atoms with Crippen molar-refractivity contribution < 1.29 is 0 Å². The molecule has 0 heterocycles. The number of hydrogen-bond acceptors (Lipinski definition) is 1. The van der Waals surface area contributed by atoms with E-state index in [0.29, 0.717) is 12.0 Å². The molecule has 3 fully saturated rings. The third-order valence-corrected chi connectivity index (χ3v) is 6.71. The van der Waals surface area contributed by atoms with Crippen LogP contribution in [0.3, 0.4) is 0 Å². The lowest BCUT2D eigenvalue weighted by Crippen LogP contribution is -2.17. The minimum Gasteiger partial charge on any atom is -0.324 e. The summed E-state index contributed by atoms with van der Waals surface area (Å²) < 4.78 is 0. The van der Waals surface area contributed by atoms with Gasteiger partial charge in [-0.1, -0.05) is 38.1 Å². The summed E-state index contributed by atoms with van der Waals surface area (Å²) >= 11 is 0. The van der Waals surface area contributed by atoms with E-state index in [-0.39, 0.29) is 0 Å². The summed E-state index contributed by atoms with van der Waals surface area (Å²) in [5.74, 6) is 5.49. The molecule has 20 heavy (non-hydrogen) atoms. The molecule has 1 heteroatoms. The summed E-state index contributed by atoms with van der Waals surface area (Å²) in [7, 11) is 0. The zero-order valence-corrected chi connectivity index (χ0v) is 12.8. The van der Waals surface area contributed by atoms with Crippen LogP contribution >= 0.6 is 0 Å². The lowest BCUT2D eigenvalue weighted by molar-refractivity contribution is 0.417. The second kappa shape index (κ2) is 4.59. The van der Waals surface area contributed by atoms with Crippen LogP contribution in [-0.2, 0) is 0 Å². The molecule has 0 spiro atoms. The molecule has 2 bridgehead atoms. The van der Waals surface area contributed by atoms with Gasteiger partial charge in [-0.2, -0.15) is 0 Å². The fourth-order valence-electron chi connectivity index (χ4n) is 5.38. The minimum atomic E-state index is 0.291. The van der Waals surface area contributed by atoms with Crippen LogP contribution in [0.25, 0.3) is 0 Å². The van der Waals surface area contributed by atoms with Crippen molar-refractivity contribution >= 4 is 0 Å². The van der Waals surface area contributed by atoms with Crippen molar-refractivity contribution in [2.24, 2.45) is 35.3 Å². The Hall–Kier alpha value is -0.820. The number of hydrogen-bond donors (Lipinski definition) is 1. The van der Waals surface area contributed by atoms with Gasteiger partial charge < -0.3 is 5.73 Å². The molecular weight excluding hydrogens is 242 g/mol. The van der Waals surface area contributed by atoms with Gasteiger partial charge in [-0.3, -0.25) is 0 Å². The first kappa shape index (κ1) is 12.9. The molecule has 1 aromatic rings. The Kier molecular flexibility index (Phi) is 2.96. The van der Waals surface area contributed by atoms with Crippen LogP contribution in [0, 0.1) is 29.6 Å². The maximum Gasteiger partial charge on any atom is 0.0329 e. The Bertz CT molecular complexity index is 475. The molecule has 2 N–H and O–H groups in total. The van der Waals surface area contributed by atoms with Gasteiger partial charge in [0.25, 0.3) is 0 Å². The van der Waals surface area contributed by atoms with Crippen LogP contribution in [0.2, 0.25) is 0 Å². The van der Waals surface area contributed by atoms with Crippen molar-refractivity contribution in [1.82, 2.24) is 0 Å². The lowest BCUT2D eigenvalue weighted by atomic mass is 9.91. The van der Waals surface area contributed by atoms with Gasteiger partial charge in [0.1, 0.15) is 0 Å². The molecule has 0 aromatic heterocycles. The van der Waals surface area contributed by atoms with E-state index in [1.807, 2.05) is 0 Å². The Labute approximate surface area is 122 Å². The molecule has 6 atom stereocenters. The summed E-state index contributed by atoms with van der Waals surface area (Å²) in [6, 6.07) is 9.48. The molecular formula is C19H27N. The zero-order chi connectivity index (χ0) is 13.9. The Morgan fingerprint density at radius 2 is 1.60 bits per heavy atom. The van der Waals surface area contributed by atoms with E-state index in [1.54, 1.807) is 0 Å². The number of nitrogens with two attached hydrogens (primary N) is 1. The molecule has 0 aliphatic heterocycles. The van der Waals surface area contributed by atoms with Gasteiger partial charge in [0.05, 0.1) is 0 Å². The van der Waals surface area contributed by atoms with E-state index in [1.165, 1.54) is 36.8 Å². The van der Waals surface area contributed by atoms with Crippen LogP contribution in [0.1, 0.15) is 62.6 Å². The Balaban J connectivity index is 1.48. The molecule has 0 amide bonds. The fraction of sp³-hybridized carbons (Fsp3) is 0.684. The highest BCUT2D eigenvalue weighted by Gasteiger charge is 2.66. The molecule has 0 saturated heterocycles. The second-order valence-electron chi connectivity index (χ2n) is 7.57. The van der Waals surface area contributed by atoms with Crippen molar-refractivity contribution in [2.45, 2.75) is 51.5 Å². The van der Waals surface area contributed by atoms with Crippen molar-refractivity contribution in [3.8, 4) is 0 Å². The lowest BCUT2D eigenvalue weighted by Gasteiger charge is -2.18. The monoisotopic (exact) mass is 269 g/mol. The quantitative estimate of drug-likeness (QED) is 0.856. The maximum absolute atomic E-state index is 6.60. The van der Waals surface area contributed by atoms with Crippen molar-refractivity contribution in [3.63, 3.8) is 0 Å². The number of rotatable bonds is 4. The van der Waals surface area contributed by atoms with E-state index in [4.69, 9.17) is 5.73 Å². The van der Waals surface area contributed by atoms with Crippen LogP contribution in [0.5, 0.6) is 0 Å². The first-order valence-electron chi connectivity index (χ1n) is 8.56. The average Bonchev–Trinajstić information content (AvgIpc) is 2.93. The van der Waals surface area contributed by atoms with Gasteiger partial charge >= 0.3 is 0 Å². The standard InChI is InChI=1S/C19H27N/c1-3-11(2)12-4-6-13(7-5-12)19(20)18-16-14-8-9-15(10-14)17(16)18/h4-7,11,14-19H,3,8-10,20H2,1-2H3. The van der Waals surface area contributed by atoms with Gasteiger partial charge in [0.2, 0.25) is 0 Å². The predicted molar refractivity (Wildman–Crippen MR) is 83.4 cm³/mol. The third-order valence-electron chi connectivity index (χ3n) is 6.71. The molecule has 3 aliphatic carbocycles. The molecule has 3 saturated carbocycles. The topological polar surface area (TPSA) is 26.0 Å². The van der Waals surface area contributed by atoms with Crippen molar-refractivity contribution in [2.75, 3.05) is 0 Å². The van der Waals surface area contributed by atoms with E-state index in [9.17, 15) is 0 Å². The normalized spacial score (nSPS) is 40.5. The van der Waals surface area contributed by atoms with Gasteiger partial charge in [0, 0.05) is 6.04 Å². The smallest absolute Gasteiger partial charge is 0.0329 e. The summed E-state index contributed by atoms with van der Waals surface area (Å²) in [6.07, 6.45) is 5.71. The molecule has 3 aliphatic rings. The van der Waals surface area contributed by atoms with E-state index >= 15 is 0 Å². The van der Waals surface area contributed by atoms with E-state index < -0.39 is 0 Å². The van der Waals surface area contributed by atoms with Gasteiger partial charge in [-0.05, 0) is 72.3 Å². The average molecular weight is 269 g/mol. The molecule has 6 unspecified atom stereocenters. The number of fused-ring (bicyclic) bond motifs is 5. The first-order chi connectivity index (χ1) is 9.70. The van der Waals surface area contributed by atoms with Gasteiger partial charge in [-0.25, -0.2) is 0 Å². The molecule has 0 radical (unpaired) electrons. The third kappa shape index (κ3) is 1.79. The molecule has 4 rings (SSSR count). The van der Waals surface area contributed by atoms with Gasteiger partial charge in [0.15, 0.2) is 0 Å².